The molecule has 0 saturated carbocycles. The molecule has 0 fully saturated rings. The van der Waals surface area contributed by atoms with E-state index in [0.717, 1.165) is 0 Å². The molecular formula is C14H16N4O5. The van der Waals surface area contributed by atoms with Crippen LogP contribution in [-0.4, -0.2) is 37.8 Å². The van der Waals surface area contributed by atoms with Crippen molar-refractivity contribution in [1.29, 1.82) is 0 Å². The zero-order chi connectivity index (χ0) is 17.0. The lowest BCUT2D eigenvalue weighted by molar-refractivity contribution is -0.384. The van der Waals surface area contributed by atoms with Crippen molar-refractivity contribution in [3.63, 3.8) is 0 Å². The number of carbonyl (C=O) groups excluding carboxylic acids is 1. The number of carbonyl (C=O) groups is 1. The fraction of sp³-hybridized carbons (Fsp3) is 0.286. The minimum atomic E-state index is -1.34. The van der Waals surface area contributed by atoms with Crippen LogP contribution in [0.3, 0.4) is 0 Å². The topological polar surface area (TPSA) is 134 Å². The lowest BCUT2D eigenvalue weighted by atomic mass is 10.1. The summed E-state index contributed by atoms with van der Waals surface area (Å²) in [6.45, 7) is 1.34. The first-order valence-corrected chi connectivity index (χ1v) is 6.69. The lowest BCUT2D eigenvalue weighted by Gasteiger charge is -2.23. The molecule has 1 aromatic heterocycles. The van der Waals surface area contributed by atoms with Crippen LogP contribution in [0.2, 0.25) is 0 Å². The highest BCUT2D eigenvalue weighted by Gasteiger charge is 2.25. The number of aliphatic hydroxyl groups is 1. The molecular weight excluding hydrogens is 304 g/mol. The number of benzene rings is 1. The number of anilines is 1. The van der Waals surface area contributed by atoms with E-state index in [1.54, 1.807) is 6.20 Å². The van der Waals surface area contributed by atoms with E-state index in [9.17, 15) is 20.0 Å². The van der Waals surface area contributed by atoms with E-state index in [2.05, 4.69) is 4.98 Å². The quantitative estimate of drug-likeness (QED) is 0.460. The number of non-ortho nitro benzene ring substituents is 1. The number of hydrogen-bond acceptors (Lipinski definition) is 7. The fourth-order valence-electron chi connectivity index (χ4n) is 1.91. The molecule has 2 aromatic rings. The molecule has 3 N–H and O–H groups in total. The van der Waals surface area contributed by atoms with Crippen LogP contribution in [0, 0.1) is 10.1 Å². The first kappa shape index (κ1) is 16.4. The fourth-order valence-corrected chi connectivity index (χ4v) is 1.91. The maximum atomic E-state index is 11.9. The molecule has 0 amide bonds. The summed E-state index contributed by atoms with van der Waals surface area (Å²) in [7, 11) is 0. The molecule has 2 rings (SSSR count). The summed E-state index contributed by atoms with van der Waals surface area (Å²) in [5, 5.41) is 20.8. The number of nitrogens with zero attached hydrogens (tertiary/aromatic N) is 3. The van der Waals surface area contributed by atoms with E-state index < -0.39 is 16.5 Å². The predicted molar refractivity (Wildman–Crippen MR) is 80.6 cm³/mol. The minimum Gasteiger partial charge on any atom is -0.459 e. The monoisotopic (exact) mass is 320 g/mol. The largest absolute Gasteiger partial charge is 0.459 e. The van der Waals surface area contributed by atoms with Crippen molar-refractivity contribution in [3.05, 3.63) is 52.3 Å². The van der Waals surface area contributed by atoms with Crippen LogP contribution in [0.25, 0.3) is 0 Å². The number of nitrogens with two attached hydrogens (primary N) is 1. The number of nitro groups is 1. The van der Waals surface area contributed by atoms with Crippen LogP contribution in [0.15, 0.2) is 36.7 Å². The maximum Gasteiger partial charge on any atom is 0.338 e. The smallest absolute Gasteiger partial charge is 0.338 e. The molecule has 0 radical (unpaired) electrons. The summed E-state index contributed by atoms with van der Waals surface area (Å²) >= 11 is 0. The van der Waals surface area contributed by atoms with Gasteiger partial charge in [-0.25, -0.2) is 9.78 Å². The summed E-state index contributed by atoms with van der Waals surface area (Å²) in [6, 6.07) is 5.01. The normalized spacial score (nSPS) is 13.3. The zero-order valence-corrected chi connectivity index (χ0v) is 12.4. The van der Waals surface area contributed by atoms with Gasteiger partial charge in [-0.15, -0.1) is 0 Å². The molecule has 0 aliphatic heterocycles. The van der Waals surface area contributed by atoms with Crippen molar-refractivity contribution in [2.24, 2.45) is 0 Å². The summed E-state index contributed by atoms with van der Waals surface area (Å²) in [5.41, 5.74) is 4.31. The molecule has 1 aromatic carbocycles. The second-order valence-electron chi connectivity index (χ2n) is 5.29. The second kappa shape index (κ2) is 6.44. The van der Waals surface area contributed by atoms with Gasteiger partial charge in [-0.3, -0.25) is 10.1 Å². The van der Waals surface area contributed by atoms with Crippen molar-refractivity contribution in [1.82, 2.24) is 9.55 Å². The first-order chi connectivity index (χ1) is 10.8. The molecule has 0 aliphatic carbocycles. The molecule has 9 nitrogen and oxygen atoms in total. The Morgan fingerprint density at radius 1 is 1.48 bits per heavy atom. The second-order valence-corrected chi connectivity index (χ2v) is 5.29. The maximum absolute atomic E-state index is 11.9. The van der Waals surface area contributed by atoms with Crippen LogP contribution in [-0.2, 0) is 11.3 Å². The number of esters is 1. The van der Waals surface area contributed by atoms with Crippen LogP contribution < -0.4 is 5.73 Å². The van der Waals surface area contributed by atoms with Gasteiger partial charge in [0.1, 0.15) is 12.2 Å². The molecule has 23 heavy (non-hydrogen) atoms. The molecule has 1 atom stereocenters. The number of rotatable bonds is 6. The summed E-state index contributed by atoms with van der Waals surface area (Å²) < 4.78 is 6.58. The van der Waals surface area contributed by atoms with Gasteiger partial charge < -0.3 is 20.1 Å². The van der Waals surface area contributed by atoms with E-state index in [1.165, 1.54) is 42.0 Å². The Bertz CT molecular complexity index is 708. The van der Waals surface area contributed by atoms with Gasteiger partial charge in [0, 0.05) is 24.5 Å². The van der Waals surface area contributed by atoms with Gasteiger partial charge in [0.25, 0.3) is 5.69 Å². The molecule has 0 bridgehead atoms. The van der Waals surface area contributed by atoms with E-state index in [1.807, 2.05) is 0 Å². The number of nitro benzene ring substituents is 1. The average molecular weight is 320 g/mol. The summed E-state index contributed by atoms with van der Waals surface area (Å²) in [5.74, 6) is -0.439. The van der Waals surface area contributed by atoms with Gasteiger partial charge in [-0.05, 0) is 19.1 Å². The number of nitrogen functional groups attached to an aromatic ring is 1. The van der Waals surface area contributed by atoms with Gasteiger partial charge in [-0.1, -0.05) is 0 Å². The van der Waals surface area contributed by atoms with Gasteiger partial charge in [0.2, 0.25) is 0 Å². The number of ether oxygens (including phenoxy) is 1. The first-order valence-electron chi connectivity index (χ1n) is 6.69. The van der Waals surface area contributed by atoms with Crippen LogP contribution in [0.1, 0.15) is 17.3 Å². The third-order valence-corrected chi connectivity index (χ3v) is 3.09. The van der Waals surface area contributed by atoms with E-state index in [0.29, 0.717) is 0 Å². The van der Waals surface area contributed by atoms with Gasteiger partial charge in [0.15, 0.2) is 5.95 Å². The highest BCUT2D eigenvalue weighted by molar-refractivity contribution is 5.89. The predicted octanol–water partition coefficient (Wildman–Crippen LogP) is 0.981. The molecule has 0 spiro atoms. The molecule has 122 valence electrons. The van der Waals surface area contributed by atoms with Crippen LogP contribution in [0.5, 0.6) is 0 Å². The van der Waals surface area contributed by atoms with Gasteiger partial charge in [-0.2, -0.15) is 0 Å². The molecule has 0 aliphatic rings. The SMILES string of the molecule is C[C@](O)(COC(=O)c1ccc([N+](=O)[O-])cc1)Cn1ccnc1N. The van der Waals surface area contributed by atoms with Crippen molar-refractivity contribution in [3.8, 4) is 0 Å². The Hall–Kier alpha value is -2.94. The number of aromatic nitrogens is 2. The van der Waals surface area contributed by atoms with Gasteiger partial charge in [0.05, 0.1) is 17.0 Å². The Balaban J connectivity index is 1.95. The lowest BCUT2D eigenvalue weighted by Crippen LogP contribution is -2.37. The van der Waals surface area contributed by atoms with Gasteiger partial charge >= 0.3 is 5.97 Å². The van der Waals surface area contributed by atoms with Crippen LogP contribution in [0.4, 0.5) is 11.6 Å². The Kier molecular flexibility index (Phi) is 4.60. The molecule has 0 saturated heterocycles. The standard InChI is InChI=1S/C14H16N4O5/c1-14(20,8-17-7-6-16-13(17)15)9-23-12(19)10-2-4-11(5-3-10)18(21)22/h2-7,20H,8-9H2,1H3,(H2,15,16)/t14-/m1/s1. The summed E-state index contributed by atoms with van der Waals surface area (Å²) in [4.78, 5) is 25.7. The van der Waals surface area contributed by atoms with Crippen LogP contribution >= 0.6 is 0 Å². The summed E-state index contributed by atoms with van der Waals surface area (Å²) in [6.07, 6.45) is 3.09. The van der Waals surface area contributed by atoms with Crippen molar-refractivity contribution < 1.29 is 19.6 Å². The Morgan fingerprint density at radius 2 is 2.13 bits per heavy atom. The van der Waals surface area contributed by atoms with Crippen molar-refractivity contribution >= 4 is 17.6 Å². The average Bonchev–Trinajstić information content (AvgIpc) is 2.89. The van der Waals surface area contributed by atoms with Crippen molar-refractivity contribution in [2.45, 2.75) is 19.1 Å². The minimum absolute atomic E-state index is 0.104. The molecule has 9 heteroatoms. The third-order valence-electron chi connectivity index (χ3n) is 3.09. The van der Waals surface area contributed by atoms with Crippen molar-refractivity contribution in [2.75, 3.05) is 12.3 Å². The van der Waals surface area contributed by atoms with E-state index in [4.69, 9.17) is 10.5 Å². The highest BCUT2D eigenvalue weighted by atomic mass is 16.6. The number of imidazole rings is 1. The number of hydrogen-bond donors (Lipinski definition) is 2. The molecule has 0 unspecified atom stereocenters. The third kappa shape index (κ3) is 4.27. The Morgan fingerprint density at radius 3 is 2.65 bits per heavy atom. The Labute approximate surface area is 131 Å². The highest BCUT2D eigenvalue weighted by Crippen LogP contribution is 2.15. The molecule has 1 heterocycles. The zero-order valence-electron chi connectivity index (χ0n) is 12.4. The van der Waals surface area contributed by atoms with E-state index >= 15 is 0 Å². The van der Waals surface area contributed by atoms with E-state index in [-0.39, 0.29) is 30.4 Å².